The molecule has 1 amide bonds. The van der Waals surface area contributed by atoms with Crippen molar-refractivity contribution in [3.05, 3.63) is 42.7 Å². The zero-order valence-electron chi connectivity index (χ0n) is 13.5. The second-order valence-electron chi connectivity index (χ2n) is 6.62. The maximum Gasteiger partial charge on any atom is 0.298 e. The number of nitrogens with zero attached hydrogens (tertiary/aromatic N) is 2. The number of benzene rings is 1. The number of rotatable bonds is 3. The third kappa shape index (κ3) is 2.26. The summed E-state index contributed by atoms with van der Waals surface area (Å²) < 4.78 is 16.0. The molecule has 1 N–H and O–H groups in total. The third-order valence-corrected chi connectivity index (χ3v) is 5.25. The number of aromatic nitrogens is 1. The molecule has 0 bridgehead atoms. The van der Waals surface area contributed by atoms with E-state index in [2.05, 4.69) is 15.2 Å². The number of carbonyl (C=O) groups excluding carboxylic acids is 1. The van der Waals surface area contributed by atoms with Gasteiger partial charge in [0.2, 0.25) is 5.76 Å². The van der Waals surface area contributed by atoms with E-state index in [0.29, 0.717) is 17.3 Å². The molecule has 2 aromatic rings. The second-order valence-corrected chi connectivity index (χ2v) is 6.62. The van der Waals surface area contributed by atoms with E-state index in [9.17, 15) is 4.79 Å². The molecule has 5 rings (SSSR count). The minimum absolute atomic E-state index is 0.0935. The van der Waals surface area contributed by atoms with Crippen LogP contribution in [0.2, 0.25) is 0 Å². The standard InChI is InChI=1S/C18H17N3O4/c22-16(15-11-23-8-9-24-15)19-12-2-3-14-13(10-12)20-17(25-14)21-7-6-18(21)4-1-5-18/h2-3,8-11H,1,4-7H2,(H,19,22). The SMILES string of the molecule is O=C(Nc1ccc2oc(N3CCC34CCC4)nc2c1)C1=COC=CO1. The molecule has 1 spiro atoms. The fraction of sp³-hybridized carbons (Fsp3) is 0.333. The molecule has 1 saturated heterocycles. The minimum Gasteiger partial charge on any atom is -0.465 e. The maximum absolute atomic E-state index is 12.1. The molecule has 2 fully saturated rings. The topological polar surface area (TPSA) is 76.8 Å². The first-order valence-electron chi connectivity index (χ1n) is 8.40. The number of anilines is 2. The normalized spacial score (nSPS) is 20.3. The molecule has 1 aromatic heterocycles. The number of ether oxygens (including phenoxy) is 2. The highest BCUT2D eigenvalue weighted by Gasteiger charge is 2.50. The molecule has 1 aromatic carbocycles. The molecule has 7 heteroatoms. The average Bonchev–Trinajstić information content (AvgIpc) is 2.95. The van der Waals surface area contributed by atoms with Gasteiger partial charge < -0.3 is 24.1 Å². The molecule has 2 aliphatic heterocycles. The summed E-state index contributed by atoms with van der Waals surface area (Å²) in [5.74, 6) is -0.292. The zero-order chi connectivity index (χ0) is 16.9. The van der Waals surface area contributed by atoms with Crippen molar-refractivity contribution < 1.29 is 18.7 Å². The van der Waals surface area contributed by atoms with Crippen LogP contribution in [-0.4, -0.2) is 23.0 Å². The van der Waals surface area contributed by atoms with Gasteiger partial charge in [-0.1, -0.05) is 0 Å². The lowest BCUT2D eigenvalue weighted by molar-refractivity contribution is -0.115. The van der Waals surface area contributed by atoms with Crippen molar-refractivity contribution in [3.63, 3.8) is 0 Å². The molecular formula is C18H17N3O4. The van der Waals surface area contributed by atoms with Crippen LogP contribution < -0.4 is 10.2 Å². The molecule has 1 aliphatic carbocycles. The van der Waals surface area contributed by atoms with Gasteiger partial charge in [0.1, 0.15) is 24.3 Å². The van der Waals surface area contributed by atoms with E-state index in [1.54, 1.807) is 12.1 Å². The summed E-state index contributed by atoms with van der Waals surface area (Å²) >= 11 is 0. The fourth-order valence-corrected chi connectivity index (χ4v) is 3.61. The first kappa shape index (κ1) is 14.4. The Bertz CT molecular complexity index is 905. The number of amides is 1. The van der Waals surface area contributed by atoms with Crippen LogP contribution in [0.15, 0.2) is 47.2 Å². The lowest BCUT2D eigenvalue weighted by Gasteiger charge is -2.57. The molecule has 0 unspecified atom stereocenters. The zero-order valence-corrected chi connectivity index (χ0v) is 13.5. The molecule has 3 heterocycles. The van der Waals surface area contributed by atoms with Gasteiger partial charge in [-0.3, -0.25) is 4.79 Å². The van der Waals surface area contributed by atoms with Crippen molar-refractivity contribution >= 4 is 28.7 Å². The van der Waals surface area contributed by atoms with Gasteiger partial charge in [0.25, 0.3) is 11.9 Å². The first-order chi connectivity index (χ1) is 12.2. The van der Waals surface area contributed by atoms with Gasteiger partial charge in [-0.2, -0.15) is 4.98 Å². The Balaban J connectivity index is 1.37. The van der Waals surface area contributed by atoms with Gasteiger partial charge >= 0.3 is 0 Å². The van der Waals surface area contributed by atoms with E-state index in [1.165, 1.54) is 44.5 Å². The lowest BCUT2D eigenvalue weighted by Crippen LogP contribution is -2.64. The van der Waals surface area contributed by atoms with Crippen LogP contribution in [0.5, 0.6) is 0 Å². The van der Waals surface area contributed by atoms with Gasteiger partial charge in [-0.05, 0) is 43.9 Å². The summed E-state index contributed by atoms with van der Waals surface area (Å²) in [7, 11) is 0. The van der Waals surface area contributed by atoms with Gasteiger partial charge in [-0.25, -0.2) is 0 Å². The Morgan fingerprint density at radius 2 is 2.16 bits per heavy atom. The van der Waals surface area contributed by atoms with Crippen molar-refractivity contribution in [2.45, 2.75) is 31.2 Å². The minimum atomic E-state index is -0.386. The highest BCUT2D eigenvalue weighted by Crippen LogP contribution is 2.49. The highest BCUT2D eigenvalue weighted by atomic mass is 16.5. The molecule has 25 heavy (non-hydrogen) atoms. The number of carbonyl (C=O) groups is 1. The lowest BCUT2D eigenvalue weighted by atomic mass is 9.68. The van der Waals surface area contributed by atoms with Crippen molar-refractivity contribution in [2.75, 3.05) is 16.8 Å². The summed E-state index contributed by atoms with van der Waals surface area (Å²) in [5.41, 5.74) is 2.35. The number of nitrogens with one attached hydrogen (secondary N) is 1. The largest absolute Gasteiger partial charge is 0.465 e. The molecule has 1 saturated carbocycles. The van der Waals surface area contributed by atoms with Gasteiger partial charge in [-0.15, -0.1) is 0 Å². The summed E-state index contributed by atoms with van der Waals surface area (Å²) in [4.78, 5) is 19.0. The van der Waals surface area contributed by atoms with Crippen LogP contribution in [-0.2, 0) is 14.3 Å². The predicted octanol–water partition coefficient (Wildman–Crippen LogP) is 3.26. The van der Waals surface area contributed by atoms with Crippen LogP contribution >= 0.6 is 0 Å². The molecule has 7 nitrogen and oxygen atoms in total. The molecule has 128 valence electrons. The Labute approximate surface area is 143 Å². The predicted molar refractivity (Wildman–Crippen MR) is 90.6 cm³/mol. The van der Waals surface area contributed by atoms with Crippen molar-refractivity contribution in [2.24, 2.45) is 0 Å². The third-order valence-electron chi connectivity index (χ3n) is 5.25. The van der Waals surface area contributed by atoms with Gasteiger partial charge in [0, 0.05) is 17.8 Å². The van der Waals surface area contributed by atoms with Crippen molar-refractivity contribution in [3.8, 4) is 0 Å². The Morgan fingerprint density at radius 3 is 2.84 bits per heavy atom. The van der Waals surface area contributed by atoms with E-state index < -0.39 is 0 Å². The van der Waals surface area contributed by atoms with E-state index in [-0.39, 0.29) is 17.2 Å². The Morgan fingerprint density at radius 1 is 1.24 bits per heavy atom. The summed E-state index contributed by atoms with van der Waals surface area (Å²) in [6.07, 6.45) is 8.86. The van der Waals surface area contributed by atoms with Crippen molar-refractivity contribution in [1.29, 1.82) is 0 Å². The molecule has 3 aliphatic rings. The smallest absolute Gasteiger partial charge is 0.298 e. The van der Waals surface area contributed by atoms with Crippen LogP contribution in [0, 0.1) is 0 Å². The van der Waals surface area contributed by atoms with E-state index in [4.69, 9.17) is 13.9 Å². The van der Waals surface area contributed by atoms with E-state index >= 15 is 0 Å². The monoisotopic (exact) mass is 339 g/mol. The van der Waals surface area contributed by atoms with Crippen LogP contribution in [0.4, 0.5) is 11.7 Å². The van der Waals surface area contributed by atoms with Crippen LogP contribution in [0.25, 0.3) is 11.1 Å². The number of hydrogen-bond donors (Lipinski definition) is 1. The Hall–Kier alpha value is -2.96. The van der Waals surface area contributed by atoms with E-state index in [0.717, 1.165) is 12.1 Å². The van der Waals surface area contributed by atoms with Crippen LogP contribution in [0.3, 0.4) is 0 Å². The molecule has 0 atom stereocenters. The van der Waals surface area contributed by atoms with Gasteiger partial charge in [0.15, 0.2) is 5.58 Å². The second kappa shape index (κ2) is 5.27. The fourth-order valence-electron chi connectivity index (χ4n) is 3.61. The highest BCUT2D eigenvalue weighted by molar-refractivity contribution is 6.03. The number of oxazole rings is 1. The Kier molecular flexibility index (Phi) is 3.03. The summed E-state index contributed by atoms with van der Waals surface area (Å²) in [6, 6.07) is 6.08. The average molecular weight is 339 g/mol. The molecule has 0 radical (unpaired) electrons. The van der Waals surface area contributed by atoms with Gasteiger partial charge in [0.05, 0.1) is 0 Å². The maximum atomic E-state index is 12.1. The van der Waals surface area contributed by atoms with Crippen LogP contribution in [0.1, 0.15) is 25.7 Å². The summed E-state index contributed by atoms with van der Waals surface area (Å²) in [5, 5.41) is 2.77. The molecular weight excluding hydrogens is 322 g/mol. The number of hydrogen-bond acceptors (Lipinski definition) is 6. The van der Waals surface area contributed by atoms with Crippen molar-refractivity contribution in [1.82, 2.24) is 4.98 Å². The first-order valence-corrected chi connectivity index (χ1v) is 8.40. The number of fused-ring (bicyclic) bond motifs is 1. The van der Waals surface area contributed by atoms with E-state index in [1.807, 2.05) is 6.07 Å². The summed E-state index contributed by atoms with van der Waals surface area (Å²) in [6.45, 7) is 0.995. The quantitative estimate of drug-likeness (QED) is 0.925.